The lowest BCUT2D eigenvalue weighted by Gasteiger charge is -2.38. The number of carboxylic acids is 1. The Bertz CT molecular complexity index is 5590. The van der Waals surface area contributed by atoms with Crippen LogP contribution in [0.25, 0.3) is 10.9 Å². The Kier molecular flexibility index (Phi) is 41.0. The third-order valence-corrected chi connectivity index (χ3v) is 25.6. The number of carboxylic acid groups (broad SMARTS) is 1. The molecule has 20 N–H and O–H groups in total. The van der Waals surface area contributed by atoms with Crippen LogP contribution in [0, 0.1) is 23.4 Å². The number of H-pyrrole nitrogens is 1. The summed E-state index contributed by atoms with van der Waals surface area (Å²) in [7, 11) is 4.74. The molecule has 14 atom stereocenters. The summed E-state index contributed by atoms with van der Waals surface area (Å²) in [5.74, 6) is -26.6. The quantitative estimate of drug-likeness (QED) is 0.0240. The first-order valence-corrected chi connectivity index (χ1v) is 47.3. The van der Waals surface area contributed by atoms with Crippen molar-refractivity contribution in [2.45, 2.75) is 208 Å². The second kappa shape index (κ2) is 52.5. The van der Waals surface area contributed by atoms with Gasteiger partial charge < -0.3 is 115 Å². The molecular formula is C98H123F3N18O21S. The van der Waals surface area contributed by atoms with Gasteiger partial charge in [0.1, 0.15) is 90.0 Å². The number of halogens is 3. The molecule has 0 spiro atoms. The summed E-state index contributed by atoms with van der Waals surface area (Å²) < 4.78 is 45.2. The highest BCUT2D eigenvalue weighted by Gasteiger charge is 2.47. The number of primary amides is 2. The summed E-state index contributed by atoms with van der Waals surface area (Å²) in [5, 5.41) is 66.6. The Labute approximate surface area is 816 Å². The molecule has 0 bridgehead atoms. The monoisotopic (exact) mass is 1980 g/mol. The van der Waals surface area contributed by atoms with Crippen LogP contribution < -0.4 is 65.1 Å². The molecule has 6 aromatic carbocycles. The number of aliphatic carboxylic acids is 1. The van der Waals surface area contributed by atoms with Crippen molar-refractivity contribution < 1.29 is 115 Å². The molecular weight excluding hydrogens is 1850 g/mol. The zero-order chi connectivity index (χ0) is 103. The van der Waals surface area contributed by atoms with Crippen molar-refractivity contribution >= 4 is 123 Å². The third-order valence-electron chi connectivity index (χ3n) is 24.6. The van der Waals surface area contributed by atoms with Gasteiger partial charge in [-0.05, 0) is 120 Å². The van der Waals surface area contributed by atoms with Crippen LogP contribution in [0.15, 0.2) is 152 Å². The Morgan fingerprint density at radius 3 is 1.55 bits per heavy atom. The van der Waals surface area contributed by atoms with Gasteiger partial charge in [-0.15, -0.1) is 11.8 Å². The standard InChI is InChI=1S/C98H123F3N18O21S/c1-8-9-27-76-97(139)119-51-63(122)47-78(119)93(135)111-71(48-80(103)123)90(132)114-85(54(2)3)98(140)117(6)77(44-55-20-12-10-13-21-55)92(134)112-73(42-58-30-34-62(121)35-31-58)95(137)115(4)75(36-37-83(126)127)91(133)110-70(46-60-49-105-67-25-17-16-24-64(60)67)89(131)109-69(41-57-28-32-61(120)33-29-57)88(130)108-68(26-18-19-38-102)87(129)113-74(86(128)106-50-81(104)124)52-141-53-82(125)107-72(43-59-39-65(99)84(101)66(100)40-59)94(136)118(7)79(96(138)116(76)5)45-56-22-14-11-15-23-56/h10-17,20-25,28-35,39-40,49,54,63,68-79,85,105,120-122H,8-9,18-19,26-27,36-38,41-48,50-53,102H2,1-7H3,(H2,103,123)(H2,104,124)(H,106,128)(H,107,125)(H,108,130)(H,109,131)(H,110,133)(H,111,135)(H,112,134)(H,113,129)(H,114,132)(H,126,127)/t63-,68+,69+,70+,71+,72+,73+,74+,75-,76+,77+,78-,79+,85+/m1/s1. The smallest absolute Gasteiger partial charge is 0.303 e. The van der Waals surface area contributed by atoms with Crippen molar-refractivity contribution in [3.63, 3.8) is 0 Å². The Morgan fingerprint density at radius 2 is 0.979 bits per heavy atom. The molecule has 0 aliphatic carbocycles. The minimum Gasteiger partial charge on any atom is -0.508 e. The van der Waals surface area contributed by atoms with Gasteiger partial charge in [0.25, 0.3) is 0 Å². The third kappa shape index (κ3) is 31.5. The fraction of sp³-hybridized carbons (Fsp3) is 0.439. The Balaban J connectivity index is 1.17. The number of carbonyl (C=O) groups excluding carboxylic acids is 16. The number of aliphatic hydroxyl groups is 1. The number of phenolic OH excluding ortho intramolecular Hbond substituents is 2. The number of phenols is 2. The van der Waals surface area contributed by atoms with Crippen LogP contribution in [0.4, 0.5) is 13.2 Å². The fourth-order valence-electron chi connectivity index (χ4n) is 16.8. The zero-order valence-electron chi connectivity index (χ0n) is 79.2. The van der Waals surface area contributed by atoms with E-state index in [9.17, 15) is 48.8 Å². The maximum absolute atomic E-state index is 15.8. The van der Waals surface area contributed by atoms with Crippen molar-refractivity contribution in [1.82, 2.24) is 77.3 Å². The molecule has 0 saturated carbocycles. The molecule has 9 rings (SSSR count). The molecule has 2 aliphatic rings. The lowest BCUT2D eigenvalue weighted by molar-refractivity contribution is -0.152. The highest BCUT2D eigenvalue weighted by atomic mass is 32.2. The SMILES string of the molecule is CCCC[C@H]1C(=O)N2C[C@H](O)C[C@@H]2C(=O)N[C@@H](CC(N)=O)C(=O)N[C@@H](C(C)C)C(=O)N(C)[C@@H](Cc2ccccc2)C(=O)N[C@@H](Cc2ccc(O)cc2)C(=O)N(C)[C@H](CCC(=O)O)C(=O)N[C@@H](Cc2c[nH]c3ccccc23)C(=O)N[C@@H](Cc2ccc(O)cc2)C(=O)N[C@@H](CCCCN)C(=O)N[C@H](C(=O)NCC(N)=O)CSCC(=O)N[C@@H](Cc2cc(F)c(F)c(F)c2)C(=O)N(C)[C@@H](Cc2ccccc2)C(=O)N1C. The molecule has 39 nitrogen and oxygen atoms in total. The number of aromatic nitrogens is 1. The van der Waals surface area contributed by atoms with E-state index < -0.39 is 290 Å². The van der Waals surface area contributed by atoms with Crippen molar-refractivity contribution in [3.05, 3.63) is 203 Å². The number of aromatic amines is 1. The number of nitrogens with zero attached hydrogens (tertiary/aromatic N) is 5. The number of nitrogens with one attached hydrogen (secondary N) is 10. The number of likely N-dealkylation sites (N-methyl/N-ethyl adjacent to an activating group) is 4. The van der Waals surface area contributed by atoms with E-state index in [1.807, 2.05) is 0 Å². The van der Waals surface area contributed by atoms with E-state index >= 15 is 66.3 Å². The molecule has 0 radical (unpaired) electrons. The number of carbonyl (C=O) groups is 17. The predicted octanol–water partition coefficient (Wildman–Crippen LogP) is 0.964. The average molecular weight is 1980 g/mol. The first-order valence-electron chi connectivity index (χ1n) is 46.2. The van der Waals surface area contributed by atoms with Crippen LogP contribution in [0.1, 0.15) is 118 Å². The maximum atomic E-state index is 15.8. The van der Waals surface area contributed by atoms with Crippen molar-refractivity contribution in [1.29, 1.82) is 0 Å². The number of rotatable bonds is 28. The number of fused-ring (bicyclic) bond motifs is 2. The zero-order valence-corrected chi connectivity index (χ0v) is 80.0. The fourth-order valence-corrected chi connectivity index (χ4v) is 17.6. The Morgan fingerprint density at radius 1 is 0.489 bits per heavy atom. The first-order chi connectivity index (χ1) is 67.0. The molecule has 16 amide bonds. The number of hydrogen-bond acceptors (Lipinski definition) is 22. The second-order valence-corrected chi connectivity index (χ2v) is 36.5. The number of unbranched alkanes of at least 4 members (excludes halogenated alkanes) is 2. The van der Waals surface area contributed by atoms with E-state index in [1.54, 1.807) is 91.9 Å². The summed E-state index contributed by atoms with van der Waals surface area (Å²) >= 11 is 0.631. The first kappa shape index (κ1) is 110. The number of aromatic hydroxyl groups is 2. The van der Waals surface area contributed by atoms with Gasteiger partial charge in [0, 0.05) is 109 Å². The van der Waals surface area contributed by atoms with Gasteiger partial charge in [0.05, 0.1) is 24.8 Å². The highest BCUT2D eigenvalue weighted by molar-refractivity contribution is 8.00. The molecule has 7 aromatic rings. The van der Waals surface area contributed by atoms with E-state index in [2.05, 4.69) is 52.8 Å². The summed E-state index contributed by atoms with van der Waals surface area (Å²) in [6.45, 7) is 3.50. The van der Waals surface area contributed by atoms with Crippen LogP contribution in [-0.2, 0) is 120 Å². The van der Waals surface area contributed by atoms with Crippen molar-refractivity contribution in [2.24, 2.45) is 23.1 Å². The van der Waals surface area contributed by atoms with Gasteiger partial charge in [0.2, 0.25) is 94.5 Å². The number of benzene rings is 6. The maximum Gasteiger partial charge on any atom is 0.303 e. The van der Waals surface area contributed by atoms with Gasteiger partial charge in [-0.25, -0.2) is 13.2 Å². The number of hydrogen-bond donors (Lipinski definition) is 17. The lowest BCUT2D eigenvalue weighted by Crippen LogP contribution is -2.62. The largest absolute Gasteiger partial charge is 0.508 e. The number of nitrogens with two attached hydrogens (primary N) is 3. The molecule has 2 aliphatic heterocycles. The van der Waals surface area contributed by atoms with Crippen molar-refractivity contribution in [2.75, 3.05) is 59.3 Å². The lowest BCUT2D eigenvalue weighted by atomic mass is 9.98. The molecule has 758 valence electrons. The van der Waals surface area contributed by atoms with Crippen LogP contribution >= 0.6 is 11.8 Å². The summed E-state index contributed by atoms with van der Waals surface area (Å²) in [5.41, 5.74) is 19.2. The molecule has 2 fully saturated rings. The van der Waals surface area contributed by atoms with Gasteiger partial charge >= 0.3 is 5.97 Å². The second-order valence-electron chi connectivity index (χ2n) is 35.5. The molecule has 2 saturated heterocycles. The van der Waals surface area contributed by atoms with E-state index in [-0.39, 0.29) is 74.1 Å². The molecule has 43 heteroatoms. The number of para-hydroxylation sites is 1. The van der Waals surface area contributed by atoms with Gasteiger partial charge in [-0.2, -0.15) is 0 Å². The number of thioether (sulfide) groups is 1. The van der Waals surface area contributed by atoms with Crippen molar-refractivity contribution in [3.8, 4) is 11.5 Å². The predicted molar refractivity (Wildman–Crippen MR) is 511 cm³/mol. The van der Waals surface area contributed by atoms with E-state index in [0.717, 1.165) is 38.6 Å². The van der Waals surface area contributed by atoms with E-state index in [0.29, 0.717) is 57.9 Å². The average Bonchev–Trinajstić information content (AvgIpc) is 1.80. The molecule has 0 unspecified atom stereocenters. The summed E-state index contributed by atoms with van der Waals surface area (Å²) in [6.07, 6.45) is -5.03. The van der Waals surface area contributed by atoms with Crippen LogP contribution in [0.3, 0.4) is 0 Å². The molecule has 141 heavy (non-hydrogen) atoms. The van der Waals surface area contributed by atoms with Gasteiger partial charge in [-0.3, -0.25) is 81.5 Å². The molecule has 1 aromatic heterocycles. The van der Waals surface area contributed by atoms with Gasteiger partial charge in [-0.1, -0.05) is 137 Å². The summed E-state index contributed by atoms with van der Waals surface area (Å²) in [4.78, 5) is 261. The topological polar surface area (TPSA) is 589 Å². The van der Waals surface area contributed by atoms with E-state index in [1.165, 1.54) is 82.7 Å². The van der Waals surface area contributed by atoms with E-state index in [4.69, 9.17) is 17.2 Å². The normalized spacial score (nSPS) is 23.0. The number of amides is 16. The van der Waals surface area contributed by atoms with Gasteiger partial charge in [0.15, 0.2) is 17.5 Å². The highest BCUT2D eigenvalue weighted by Crippen LogP contribution is 2.29. The molecule has 3 heterocycles. The minimum absolute atomic E-state index is 0.0610. The Hall–Kier alpha value is -14.5. The van der Waals surface area contributed by atoms with Crippen LogP contribution in [-0.4, -0.2) is 294 Å². The van der Waals surface area contributed by atoms with Crippen LogP contribution in [0.2, 0.25) is 0 Å². The minimum atomic E-state index is -1.96. The number of aliphatic hydroxyl groups excluding tert-OH is 1. The van der Waals surface area contributed by atoms with Crippen LogP contribution in [0.5, 0.6) is 11.5 Å². The summed E-state index contributed by atoms with van der Waals surface area (Å²) in [6, 6.07) is 12.3.